The Bertz CT molecular complexity index is 1360. The highest BCUT2D eigenvalue weighted by atomic mass is 35.5. The first kappa shape index (κ1) is 27.0. The molecule has 0 bridgehead atoms. The van der Waals surface area contributed by atoms with Gasteiger partial charge in [-0.25, -0.2) is 4.39 Å². The zero-order valence-corrected chi connectivity index (χ0v) is 22.6. The van der Waals surface area contributed by atoms with Gasteiger partial charge >= 0.3 is 0 Å². The normalized spacial score (nSPS) is 16.6. The third kappa shape index (κ3) is 5.72. The van der Waals surface area contributed by atoms with Gasteiger partial charge in [0.1, 0.15) is 17.9 Å². The van der Waals surface area contributed by atoms with E-state index in [0.717, 1.165) is 11.3 Å². The number of amides is 3. The van der Waals surface area contributed by atoms with Crippen molar-refractivity contribution < 1.29 is 18.8 Å². The van der Waals surface area contributed by atoms with Crippen molar-refractivity contribution in [2.24, 2.45) is 0 Å². The zero-order valence-electron chi connectivity index (χ0n) is 21.1. The summed E-state index contributed by atoms with van der Waals surface area (Å²) in [5.74, 6) is -0.976. The Kier molecular flexibility index (Phi) is 7.77. The second-order valence-electron chi connectivity index (χ2n) is 9.79. The van der Waals surface area contributed by atoms with E-state index in [4.69, 9.17) is 23.2 Å². The number of carbonyl (C=O) groups excluding carboxylic acids is 3. The average Bonchev–Trinajstić information content (AvgIpc) is 3.19. The maximum absolute atomic E-state index is 13.9. The Morgan fingerprint density at radius 1 is 0.923 bits per heavy atom. The average molecular weight is 569 g/mol. The third-order valence-electron chi connectivity index (χ3n) is 7.31. The number of para-hydroxylation sites is 1. The quantitative estimate of drug-likeness (QED) is 0.466. The lowest BCUT2D eigenvalue weighted by atomic mass is 9.85. The minimum atomic E-state index is -0.874. The number of likely N-dealkylation sites (tertiary alicyclic amines) is 1. The number of anilines is 1. The van der Waals surface area contributed by atoms with Gasteiger partial charge in [0.25, 0.3) is 11.8 Å². The molecule has 0 atom stereocenters. The summed E-state index contributed by atoms with van der Waals surface area (Å²) in [5.41, 5.74) is 1.17. The molecule has 0 radical (unpaired) electrons. The van der Waals surface area contributed by atoms with Crippen molar-refractivity contribution in [3.8, 4) is 0 Å². The second kappa shape index (κ2) is 11.2. The van der Waals surface area contributed by atoms with Crippen LogP contribution in [0.25, 0.3) is 0 Å². The Morgan fingerprint density at radius 2 is 1.56 bits per heavy atom. The van der Waals surface area contributed by atoms with E-state index in [-0.39, 0.29) is 43.3 Å². The topological polar surface area (TPSA) is 73.0 Å². The van der Waals surface area contributed by atoms with Crippen molar-refractivity contribution in [3.05, 3.63) is 99.8 Å². The number of benzene rings is 3. The lowest BCUT2D eigenvalue weighted by Gasteiger charge is -2.43. The molecule has 1 N–H and O–H groups in total. The van der Waals surface area contributed by atoms with Crippen LogP contribution in [-0.2, 0) is 16.1 Å². The van der Waals surface area contributed by atoms with Crippen LogP contribution in [0.1, 0.15) is 28.8 Å². The van der Waals surface area contributed by atoms with Gasteiger partial charge in [-0.2, -0.15) is 0 Å². The van der Waals surface area contributed by atoms with E-state index in [1.807, 2.05) is 35.2 Å². The Morgan fingerprint density at radius 3 is 2.21 bits per heavy atom. The van der Waals surface area contributed by atoms with Gasteiger partial charge in [0, 0.05) is 40.9 Å². The van der Waals surface area contributed by atoms with Crippen LogP contribution in [0, 0.1) is 5.82 Å². The summed E-state index contributed by atoms with van der Waals surface area (Å²) < 4.78 is 13.2. The highest BCUT2D eigenvalue weighted by molar-refractivity contribution is 6.35. The summed E-state index contributed by atoms with van der Waals surface area (Å²) >= 11 is 12.2. The standard InChI is InChI=1S/C29H27Cl2FN4O3/c30-22-14-21(15-23(31)16-22)27(38)34-12-10-29(11-13-34)28(39)35(19-36(29)25-4-2-1-3-5-25)18-26(37)33-17-20-6-8-24(32)9-7-20/h1-9,14-16H,10-13,17-19H2,(H,33,37). The van der Waals surface area contributed by atoms with E-state index in [1.165, 1.54) is 12.1 Å². The molecule has 0 saturated carbocycles. The first-order chi connectivity index (χ1) is 18.7. The molecular weight excluding hydrogens is 542 g/mol. The largest absolute Gasteiger partial charge is 0.350 e. The van der Waals surface area contributed by atoms with Crippen molar-refractivity contribution in [2.45, 2.75) is 24.9 Å². The Hall–Kier alpha value is -3.62. The van der Waals surface area contributed by atoms with Crippen LogP contribution in [0.2, 0.25) is 10.0 Å². The number of hydrogen-bond donors (Lipinski definition) is 1. The van der Waals surface area contributed by atoms with Crippen molar-refractivity contribution >= 4 is 46.6 Å². The van der Waals surface area contributed by atoms with Crippen molar-refractivity contribution in [1.29, 1.82) is 0 Å². The third-order valence-corrected chi connectivity index (χ3v) is 7.74. The Balaban J connectivity index is 1.30. The minimum absolute atomic E-state index is 0.102. The van der Waals surface area contributed by atoms with E-state index < -0.39 is 5.54 Å². The SMILES string of the molecule is O=C(CN1CN(c2ccccc2)C2(CCN(C(=O)c3cc(Cl)cc(Cl)c3)CC2)C1=O)NCc1ccc(F)cc1. The summed E-state index contributed by atoms with van der Waals surface area (Å²) in [6, 6.07) is 20.3. The van der Waals surface area contributed by atoms with Gasteiger partial charge in [-0.05, 0) is 60.9 Å². The molecule has 5 rings (SSSR count). The molecule has 2 saturated heterocycles. The van der Waals surface area contributed by atoms with E-state index in [9.17, 15) is 18.8 Å². The molecule has 2 aliphatic rings. The van der Waals surface area contributed by atoms with Crippen molar-refractivity contribution in [1.82, 2.24) is 15.1 Å². The molecule has 0 unspecified atom stereocenters. The van der Waals surface area contributed by atoms with Gasteiger partial charge < -0.3 is 20.0 Å². The van der Waals surface area contributed by atoms with Crippen molar-refractivity contribution in [3.63, 3.8) is 0 Å². The molecule has 1 spiro atoms. The van der Waals surface area contributed by atoms with Gasteiger partial charge in [-0.1, -0.05) is 53.5 Å². The van der Waals surface area contributed by atoms with Crippen LogP contribution in [0.5, 0.6) is 0 Å². The fourth-order valence-electron chi connectivity index (χ4n) is 5.29. The van der Waals surface area contributed by atoms with Gasteiger partial charge in [0.15, 0.2) is 0 Å². The number of halogens is 3. The molecule has 3 amide bonds. The number of nitrogens with zero attached hydrogens (tertiary/aromatic N) is 3. The summed E-state index contributed by atoms with van der Waals surface area (Å²) in [4.78, 5) is 45.1. The molecule has 2 fully saturated rings. The fourth-order valence-corrected chi connectivity index (χ4v) is 5.82. The van der Waals surface area contributed by atoms with Crippen LogP contribution in [0.4, 0.5) is 10.1 Å². The number of carbonyl (C=O) groups is 3. The first-order valence-electron chi connectivity index (χ1n) is 12.6. The summed E-state index contributed by atoms with van der Waals surface area (Å²) in [5, 5.41) is 3.58. The van der Waals surface area contributed by atoms with Crippen LogP contribution in [0.3, 0.4) is 0 Å². The summed E-state index contributed by atoms with van der Waals surface area (Å²) in [7, 11) is 0. The molecule has 3 aromatic carbocycles. The Labute approximate surface area is 236 Å². The van der Waals surface area contributed by atoms with E-state index in [0.29, 0.717) is 41.5 Å². The molecule has 39 heavy (non-hydrogen) atoms. The molecule has 2 aliphatic heterocycles. The summed E-state index contributed by atoms with van der Waals surface area (Å²) in [6.07, 6.45) is 0.822. The molecule has 7 nitrogen and oxygen atoms in total. The van der Waals surface area contributed by atoms with Gasteiger partial charge in [-0.15, -0.1) is 0 Å². The first-order valence-corrected chi connectivity index (χ1v) is 13.4. The van der Waals surface area contributed by atoms with Crippen LogP contribution < -0.4 is 10.2 Å². The number of piperidine rings is 1. The molecule has 202 valence electrons. The van der Waals surface area contributed by atoms with E-state index >= 15 is 0 Å². The predicted molar refractivity (Wildman–Crippen MR) is 148 cm³/mol. The number of rotatable bonds is 6. The summed E-state index contributed by atoms with van der Waals surface area (Å²) in [6.45, 7) is 1.12. The number of hydrogen-bond acceptors (Lipinski definition) is 4. The highest BCUT2D eigenvalue weighted by Crippen LogP contribution is 2.39. The lowest BCUT2D eigenvalue weighted by Crippen LogP contribution is -2.57. The maximum atomic E-state index is 13.9. The highest BCUT2D eigenvalue weighted by Gasteiger charge is 2.54. The van der Waals surface area contributed by atoms with Gasteiger partial charge in [0.05, 0.1) is 6.67 Å². The molecule has 0 aliphatic carbocycles. The molecular formula is C29H27Cl2FN4O3. The van der Waals surface area contributed by atoms with E-state index in [2.05, 4.69) is 5.32 Å². The molecule has 10 heteroatoms. The lowest BCUT2D eigenvalue weighted by molar-refractivity contribution is -0.137. The van der Waals surface area contributed by atoms with Crippen LogP contribution in [0.15, 0.2) is 72.8 Å². The van der Waals surface area contributed by atoms with Gasteiger partial charge in [-0.3, -0.25) is 14.4 Å². The smallest absolute Gasteiger partial charge is 0.253 e. The van der Waals surface area contributed by atoms with Crippen LogP contribution in [-0.4, -0.2) is 59.4 Å². The number of nitrogens with one attached hydrogen (secondary N) is 1. The molecule has 0 aromatic heterocycles. The maximum Gasteiger partial charge on any atom is 0.253 e. The van der Waals surface area contributed by atoms with Crippen molar-refractivity contribution in [2.75, 3.05) is 31.2 Å². The fraction of sp³-hybridized carbons (Fsp3) is 0.276. The molecule has 2 heterocycles. The van der Waals surface area contributed by atoms with Crippen LogP contribution >= 0.6 is 23.2 Å². The predicted octanol–water partition coefficient (Wildman–Crippen LogP) is 4.73. The van der Waals surface area contributed by atoms with E-state index in [1.54, 1.807) is 40.1 Å². The zero-order chi connectivity index (χ0) is 27.6. The molecule has 3 aromatic rings. The van der Waals surface area contributed by atoms with Gasteiger partial charge in [0.2, 0.25) is 5.91 Å². The monoisotopic (exact) mass is 568 g/mol. The minimum Gasteiger partial charge on any atom is -0.350 e. The second-order valence-corrected chi connectivity index (χ2v) is 10.7.